The lowest BCUT2D eigenvalue weighted by atomic mass is 10.1. The first-order chi connectivity index (χ1) is 8.26. The standard InChI is InChI=1S/C13H16N2O2/c1-16-11-5-9(6-12(7-11)17-2)13(8-14)15-10-3-4-10/h5-7,10,13,15H,3-4H2,1-2H3. The van der Waals surface area contributed by atoms with Crippen molar-refractivity contribution in [2.45, 2.75) is 24.9 Å². The molecule has 0 spiro atoms. The highest BCUT2D eigenvalue weighted by Gasteiger charge is 2.25. The van der Waals surface area contributed by atoms with Crippen LogP contribution in [0.4, 0.5) is 0 Å². The Bertz CT molecular complexity index is 413. The van der Waals surface area contributed by atoms with Crippen molar-refractivity contribution < 1.29 is 9.47 Å². The van der Waals surface area contributed by atoms with Crippen molar-refractivity contribution in [3.8, 4) is 17.6 Å². The minimum Gasteiger partial charge on any atom is -0.497 e. The van der Waals surface area contributed by atoms with Gasteiger partial charge >= 0.3 is 0 Å². The maximum atomic E-state index is 9.19. The Balaban J connectivity index is 2.24. The SMILES string of the molecule is COc1cc(OC)cc(C(C#N)NC2CC2)c1. The summed E-state index contributed by atoms with van der Waals surface area (Å²) in [5.41, 5.74) is 0.885. The molecule has 1 unspecified atom stereocenters. The summed E-state index contributed by atoms with van der Waals surface area (Å²) in [4.78, 5) is 0. The molecule has 1 aromatic carbocycles. The van der Waals surface area contributed by atoms with E-state index in [1.165, 1.54) is 0 Å². The molecule has 90 valence electrons. The zero-order valence-electron chi connectivity index (χ0n) is 10.1. The second-order valence-corrected chi connectivity index (χ2v) is 4.15. The van der Waals surface area contributed by atoms with E-state index in [4.69, 9.17) is 9.47 Å². The Morgan fingerprint density at radius 3 is 2.24 bits per heavy atom. The van der Waals surface area contributed by atoms with Crippen molar-refractivity contribution in [2.24, 2.45) is 0 Å². The third kappa shape index (κ3) is 2.89. The van der Waals surface area contributed by atoms with Crippen LogP contribution < -0.4 is 14.8 Å². The molecule has 0 heterocycles. The van der Waals surface area contributed by atoms with Crippen LogP contribution >= 0.6 is 0 Å². The van der Waals surface area contributed by atoms with E-state index in [-0.39, 0.29) is 6.04 Å². The highest BCUT2D eigenvalue weighted by molar-refractivity contribution is 5.41. The number of benzene rings is 1. The number of hydrogen-bond acceptors (Lipinski definition) is 4. The van der Waals surface area contributed by atoms with Gasteiger partial charge < -0.3 is 9.47 Å². The van der Waals surface area contributed by atoms with Gasteiger partial charge in [-0.25, -0.2) is 0 Å². The van der Waals surface area contributed by atoms with E-state index in [1.54, 1.807) is 20.3 Å². The zero-order chi connectivity index (χ0) is 12.3. The van der Waals surface area contributed by atoms with Gasteiger partial charge in [-0.15, -0.1) is 0 Å². The van der Waals surface area contributed by atoms with Crippen LogP contribution in [0.15, 0.2) is 18.2 Å². The summed E-state index contributed by atoms with van der Waals surface area (Å²) in [6, 6.07) is 7.99. The molecule has 0 bridgehead atoms. The molecule has 2 rings (SSSR count). The van der Waals surface area contributed by atoms with Gasteiger partial charge in [0.05, 0.1) is 20.3 Å². The van der Waals surface area contributed by atoms with Gasteiger partial charge in [0.2, 0.25) is 0 Å². The van der Waals surface area contributed by atoms with Gasteiger partial charge in [-0.2, -0.15) is 5.26 Å². The maximum Gasteiger partial charge on any atom is 0.122 e. The maximum absolute atomic E-state index is 9.19. The number of rotatable bonds is 5. The van der Waals surface area contributed by atoms with Crippen LogP contribution in [0.25, 0.3) is 0 Å². The summed E-state index contributed by atoms with van der Waals surface area (Å²) in [6.07, 6.45) is 2.30. The van der Waals surface area contributed by atoms with E-state index in [0.717, 1.165) is 18.4 Å². The first kappa shape index (κ1) is 11.7. The van der Waals surface area contributed by atoms with E-state index in [9.17, 15) is 5.26 Å². The minimum atomic E-state index is -0.300. The lowest BCUT2D eigenvalue weighted by Gasteiger charge is -2.13. The molecule has 1 aromatic rings. The van der Waals surface area contributed by atoms with E-state index in [2.05, 4.69) is 11.4 Å². The molecule has 0 saturated heterocycles. The Kier molecular flexibility index (Phi) is 3.50. The number of nitriles is 1. The number of methoxy groups -OCH3 is 2. The fraction of sp³-hybridized carbons (Fsp3) is 0.462. The normalized spacial score (nSPS) is 16.1. The summed E-state index contributed by atoms with van der Waals surface area (Å²) >= 11 is 0. The van der Waals surface area contributed by atoms with E-state index < -0.39 is 0 Å². The summed E-state index contributed by atoms with van der Waals surface area (Å²) in [5, 5.41) is 12.5. The highest BCUT2D eigenvalue weighted by Crippen LogP contribution is 2.29. The Labute approximate surface area is 101 Å². The molecule has 0 aliphatic heterocycles. The minimum absolute atomic E-state index is 0.300. The van der Waals surface area contributed by atoms with Crippen LogP contribution in [0.5, 0.6) is 11.5 Å². The van der Waals surface area contributed by atoms with Gasteiger partial charge in [-0.3, -0.25) is 5.32 Å². The molecular weight excluding hydrogens is 216 g/mol. The number of hydrogen-bond donors (Lipinski definition) is 1. The van der Waals surface area contributed by atoms with Crippen LogP contribution in [0, 0.1) is 11.3 Å². The summed E-state index contributed by atoms with van der Waals surface area (Å²) < 4.78 is 10.4. The van der Waals surface area contributed by atoms with Crippen LogP contribution in [0.3, 0.4) is 0 Å². The molecule has 4 heteroatoms. The molecule has 0 radical (unpaired) electrons. The average Bonchev–Trinajstić information content (AvgIpc) is 3.19. The molecule has 1 saturated carbocycles. The number of ether oxygens (including phenoxy) is 2. The molecule has 1 N–H and O–H groups in total. The van der Waals surface area contributed by atoms with Crippen LogP contribution in [-0.2, 0) is 0 Å². The van der Waals surface area contributed by atoms with E-state index >= 15 is 0 Å². The fourth-order valence-electron chi connectivity index (χ4n) is 1.69. The number of nitrogens with one attached hydrogen (secondary N) is 1. The first-order valence-corrected chi connectivity index (χ1v) is 5.65. The summed E-state index contributed by atoms with van der Waals surface area (Å²) in [6.45, 7) is 0. The molecule has 1 atom stereocenters. The van der Waals surface area contributed by atoms with E-state index in [0.29, 0.717) is 17.5 Å². The average molecular weight is 232 g/mol. The van der Waals surface area contributed by atoms with Crippen molar-refractivity contribution in [3.05, 3.63) is 23.8 Å². The third-order valence-corrected chi connectivity index (χ3v) is 2.82. The van der Waals surface area contributed by atoms with Gasteiger partial charge in [0.15, 0.2) is 0 Å². The van der Waals surface area contributed by atoms with Crippen LogP contribution in [-0.4, -0.2) is 20.3 Å². The highest BCUT2D eigenvalue weighted by atomic mass is 16.5. The zero-order valence-corrected chi connectivity index (χ0v) is 10.1. The number of nitrogens with zero attached hydrogens (tertiary/aromatic N) is 1. The molecule has 17 heavy (non-hydrogen) atoms. The smallest absolute Gasteiger partial charge is 0.122 e. The Hall–Kier alpha value is -1.73. The molecule has 0 aromatic heterocycles. The van der Waals surface area contributed by atoms with Gasteiger partial charge in [-0.05, 0) is 30.5 Å². The molecular formula is C13H16N2O2. The first-order valence-electron chi connectivity index (χ1n) is 5.65. The largest absolute Gasteiger partial charge is 0.497 e. The molecule has 4 nitrogen and oxygen atoms in total. The molecule has 0 amide bonds. The van der Waals surface area contributed by atoms with Gasteiger partial charge in [0.1, 0.15) is 17.5 Å². The molecule has 1 aliphatic rings. The van der Waals surface area contributed by atoms with Crippen molar-refractivity contribution in [2.75, 3.05) is 14.2 Å². The van der Waals surface area contributed by atoms with Gasteiger partial charge in [0, 0.05) is 12.1 Å². The topological polar surface area (TPSA) is 54.3 Å². The lowest BCUT2D eigenvalue weighted by molar-refractivity contribution is 0.392. The second kappa shape index (κ2) is 5.07. The third-order valence-electron chi connectivity index (χ3n) is 2.82. The predicted octanol–water partition coefficient (Wildman–Crippen LogP) is 2.02. The van der Waals surface area contributed by atoms with Gasteiger partial charge in [0.25, 0.3) is 0 Å². The van der Waals surface area contributed by atoms with Gasteiger partial charge in [-0.1, -0.05) is 0 Å². The second-order valence-electron chi connectivity index (χ2n) is 4.15. The molecule has 1 aliphatic carbocycles. The Morgan fingerprint density at radius 2 is 1.82 bits per heavy atom. The van der Waals surface area contributed by atoms with Crippen molar-refractivity contribution in [1.82, 2.24) is 5.32 Å². The van der Waals surface area contributed by atoms with Crippen LogP contribution in [0.2, 0.25) is 0 Å². The van der Waals surface area contributed by atoms with Crippen molar-refractivity contribution in [3.63, 3.8) is 0 Å². The Morgan fingerprint density at radius 1 is 1.24 bits per heavy atom. The predicted molar refractivity (Wildman–Crippen MR) is 64.1 cm³/mol. The lowest BCUT2D eigenvalue weighted by Crippen LogP contribution is -2.22. The summed E-state index contributed by atoms with van der Waals surface area (Å²) in [5.74, 6) is 1.41. The molecule has 1 fully saturated rings. The van der Waals surface area contributed by atoms with Crippen molar-refractivity contribution in [1.29, 1.82) is 5.26 Å². The monoisotopic (exact) mass is 232 g/mol. The summed E-state index contributed by atoms with van der Waals surface area (Å²) in [7, 11) is 3.21. The quantitative estimate of drug-likeness (QED) is 0.843. The van der Waals surface area contributed by atoms with E-state index in [1.807, 2.05) is 12.1 Å². The van der Waals surface area contributed by atoms with Crippen molar-refractivity contribution >= 4 is 0 Å². The fourth-order valence-corrected chi connectivity index (χ4v) is 1.69. The van der Waals surface area contributed by atoms with Crippen LogP contribution in [0.1, 0.15) is 24.4 Å².